The van der Waals surface area contributed by atoms with Crippen LogP contribution in [-0.2, 0) is 76.1 Å². The third-order valence-electron chi connectivity index (χ3n) is 11.7. The van der Waals surface area contributed by atoms with Gasteiger partial charge in [-0.15, -0.1) is 0 Å². The van der Waals surface area contributed by atoms with Crippen molar-refractivity contribution >= 4 is 36.1 Å². The molecule has 0 aromatic carbocycles. The van der Waals surface area contributed by atoms with E-state index in [2.05, 4.69) is 0 Å². The number of allylic oxidation sites excluding steroid dienone is 2. The quantitative estimate of drug-likeness (QED) is 0.145. The van der Waals surface area contributed by atoms with Crippen LogP contribution in [0.2, 0.25) is 0 Å². The summed E-state index contributed by atoms with van der Waals surface area (Å²) in [5.74, 6) is -4.46. The Bertz CT molecular complexity index is 1620. The van der Waals surface area contributed by atoms with E-state index in [0.29, 0.717) is 12.7 Å². The number of nitrogens with zero attached hydrogens (tertiary/aromatic N) is 1. The van der Waals surface area contributed by atoms with Gasteiger partial charge < -0.3 is 67.3 Å². The molecule has 2 N–H and O–H groups in total. The second-order valence-corrected chi connectivity index (χ2v) is 17.1. The van der Waals surface area contributed by atoms with Crippen LogP contribution < -0.4 is 0 Å². The van der Waals surface area contributed by atoms with Crippen molar-refractivity contribution in [2.75, 3.05) is 21.2 Å². The minimum atomic E-state index is -1.82. The number of carbonyl (C=O) groups excluding carboxylic acids is 6. The van der Waals surface area contributed by atoms with Gasteiger partial charge in [0.15, 0.2) is 24.3 Å². The van der Waals surface area contributed by atoms with Crippen LogP contribution in [-0.4, -0.2) is 164 Å². The number of hydrogen-bond acceptors (Lipinski definition) is 19. The van der Waals surface area contributed by atoms with Gasteiger partial charge in [-0.25, -0.2) is 0 Å². The summed E-state index contributed by atoms with van der Waals surface area (Å²) in [5, 5.41) is 24.0. The van der Waals surface area contributed by atoms with Crippen molar-refractivity contribution in [2.24, 2.45) is 11.8 Å². The molecule has 2 saturated heterocycles. The van der Waals surface area contributed by atoms with Gasteiger partial charge in [0.1, 0.15) is 49.0 Å². The molecule has 0 aliphatic carbocycles. The van der Waals surface area contributed by atoms with Crippen LogP contribution in [0.4, 0.5) is 0 Å². The smallest absolute Gasteiger partial charge is 0.309 e. The molecule has 3 heterocycles. The maximum absolute atomic E-state index is 13.4. The first-order chi connectivity index (χ1) is 30.1. The summed E-state index contributed by atoms with van der Waals surface area (Å²) < 4.78 is 60.1. The van der Waals surface area contributed by atoms with Crippen LogP contribution in [0.25, 0.3) is 0 Å². The lowest BCUT2D eigenvalue weighted by molar-refractivity contribution is -0.365. The highest BCUT2D eigenvalue weighted by Crippen LogP contribution is 2.39. The predicted molar refractivity (Wildman–Crippen MR) is 226 cm³/mol. The molecule has 3 rings (SSSR count). The van der Waals surface area contributed by atoms with E-state index in [1.165, 1.54) is 21.0 Å². The molecule has 3 aliphatic heterocycles. The third-order valence-corrected chi connectivity index (χ3v) is 11.7. The third kappa shape index (κ3) is 14.6. The lowest BCUT2D eigenvalue weighted by atomic mass is 9.82. The first-order valence-electron chi connectivity index (χ1n) is 22.0. The first kappa shape index (κ1) is 54.5. The number of esters is 5. The van der Waals surface area contributed by atoms with Crippen molar-refractivity contribution in [2.45, 2.75) is 192 Å². The van der Waals surface area contributed by atoms with Gasteiger partial charge in [0, 0.05) is 46.6 Å². The first-order valence-corrected chi connectivity index (χ1v) is 22.0. The standard InChI is InChI=1S/C45H71NO18/c1-13-33(50)60-32-23-35(52)56-25(4)18-16-15-17-19-31(59-28(7)48)24(3)22-30(20-21-47)39(40(32)55-12)63-43-37(53)36(46(10)11)38(26(5)57-43)62-44-41(54)45(9,64-29(8)49)42(27(6)58-44)61-34(51)14-2/h15-17,19,21,24-27,30-32,36-44,53-54H,13-14,18,20,22-23H2,1-12H3. The van der Waals surface area contributed by atoms with Gasteiger partial charge in [-0.05, 0) is 66.1 Å². The molecule has 64 heavy (non-hydrogen) atoms. The highest BCUT2D eigenvalue weighted by atomic mass is 16.7. The molecule has 0 radical (unpaired) electrons. The molecule has 0 saturated carbocycles. The number of aliphatic hydroxyl groups is 2. The number of ether oxygens (including phenoxy) is 10. The molecule has 0 aromatic rings. The van der Waals surface area contributed by atoms with Gasteiger partial charge in [-0.3, -0.25) is 24.0 Å². The Labute approximate surface area is 376 Å². The zero-order chi connectivity index (χ0) is 48.1. The fourth-order valence-electron chi connectivity index (χ4n) is 8.52. The van der Waals surface area contributed by atoms with E-state index in [4.69, 9.17) is 47.4 Å². The highest BCUT2D eigenvalue weighted by Gasteiger charge is 2.59. The van der Waals surface area contributed by atoms with Crippen LogP contribution in [0, 0.1) is 11.8 Å². The van der Waals surface area contributed by atoms with Gasteiger partial charge in [0.25, 0.3) is 0 Å². The summed E-state index contributed by atoms with van der Waals surface area (Å²) in [6.45, 7) is 13.8. The van der Waals surface area contributed by atoms with E-state index in [1.807, 2.05) is 6.92 Å². The van der Waals surface area contributed by atoms with Gasteiger partial charge in [0.2, 0.25) is 0 Å². The lowest BCUT2D eigenvalue weighted by Crippen LogP contribution is -2.70. The molecule has 2 fully saturated rings. The molecule has 0 aromatic heterocycles. The van der Waals surface area contributed by atoms with Gasteiger partial charge >= 0.3 is 29.8 Å². The van der Waals surface area contributed by atoms with Crippen LogP contribution in [0.5, 0.6) is 0 Å². The number of likely N-dealkylation sites (N-methyl/N-ethyl adjacent to an activating group) is 1. The van der Waals surface area contributed by atoms with Crippen molar-refractivity contribution < 1.29 is 86.3 Å². The molecule has 364 valence electrons. The zero-order valence-electron chi connectivity index (χ0n) is 39.2. The van der Waals surface area contributed by atoms with E-state index in [9.17, 15) is 39.0 Å². The summed E-state index contributed by atoms with van der Waals surface area (Å²) in [7, 11) is 4.68. The van der Waals surface area contributed by atoms with Crippen molar-refractivity contribution in [1.29, 1.82) is 0 Å². The summed E-state index contributed by atoms with van der Waals surface area (Å²) >= 11 is 0. The monoisotopic (exact) mass is 913 g/mol. The Morgan fingerprint density at radius 1 is 0.875 bits per heavy atom. The fourth-order valence-corrected chi connectivity index (χ4v) is 8.52. The summed E-state index contributed by atoms with van der Waals surface area (Å²) in [4.78, 5) is 77.6. The summed E-state index contributed by atoms with van der Waals surface area (Å²) in [5.41, 5.74) is -1.82. The number of aldehydes is 1. The maximum atomic E-state index is 13.4. The largest absolute Gasteiger partial charge is 0.462 e. The molecule has 0 amide bonds. The van der Waals surface area contributed by atoms with Gasteiger partial charge in [-0.1, -0.05) is 39.0 Å². The molecule has 17 unspecified atom stereocenters. The SMILES string of the molecule is CCC(=O)OC1CC(=O)OC(C)CC=CC=CC(OC(C)=O)C(C)CC(CC=O)C(OC2OC(C)C(OC3OC(C)C(OC(=O)CC)C(C)(OC(C)=O)C3O)C(N(C)C)C2O)C1OC. The van der Waals surface area contributed by atoms with E-state index in [1.54, 1.807) is 77.9 Å². The van der Waals surface area contributed by atoms with E-state index >= 15 is 0 Å². The second kappa shape index (κ2) is 25.2. The average Bonchev–Trinajstić information content (AvgIpc) is 3.21. The molecular formula is C45H71NO18. The molecule has 17 atom stereocenters. The number of carbonyl (C=O) groups is 6. The summed E-state index contributed by atoms with van der Waals surface area (Å²) in [6.07, 6.45) is -7.97. The number of rotatable bonds is 14. The number of cyclic esters (lactones) is 1. The lowest BCUT2D eigenvalue weighted by Gasteiger charge is -2.52. The predicted octanol–water partition coefficient (Wildman–Crippen LogP) is 2.88. The molecule has 19 heteroatoms. The average molecular weight is 914 g/mol. The Hall–Kier alpha value is -3.82. The van der Waals surface area contributed by atoms with Gasteiger partial charge in [0.05, 0.1) is 30.8 Å². The Balaban J connectivity index is 2.11. The van der Waals surface area contributed by atoms with Crippen LogP contribution in [0.1, 0.15) is 101 Å². The Morgan fingerprint density at radius 3 is 2.08 bits per heavy atom. The van der Waals surface area contributed by atoms with Crippen LogP contribution in [0.15, 0.2) is 24.3 Å². The van der Waals surface area contributed by atoms with Gasteiger partial charge in [-0.2, -0.15) is 0 Å². The Kier molecular flexibility index (Phi) is 21.5. The summed E-state index contributed by atoms with van der Waals surface area (Å²) in [6, 6.07) is -0.956. The zero-order valence-corrected chi connectivity index (χ0v) is 39.2. The molecule has 0 spiro atoms. The van der Waals surface area contributed by atoms with Crippen molar-refractivity contribution in [3.05, 3.63) is 24.3 Å². The van der Waals surface area contributed by atoms with E-state index in [-0.39, 0.29) is 25.7 Å². The topological polar surface area (TPSA) is 238 Å². The van der Waals surface area contributed by atoms with Crippen LogP contribution in [0.3, 0.4) is 0 Å². The van der Waals surface area contributed by atoms with E-state index < -0.39 is 139 Å². The highest BCUT2D eigenvalue weighted by molar-refractivity contribution is 5.73. The number of aliphatic hydroxyl groups excluding tert-OH is 2. The van der Waals surface area contributed by atoms with Crippen molar-refractivity contribution in [3.63, 3.8) is 0 Å². The normalized spacial score (nSPS) is 37.8. The minimum Gasteiger partial charge on any atom is -0.462 e. The second-order valence-electron chi connectivity index (χ2n) is 17.1. The molecule has 19 nitrogen and oxygen atoms in total. The van der Waals surface area contributed by atoms with Crippen molar-refractivity contribution in [1.82, 2.24) is 4.90 Å². The Morgan fingerprint density at radius 2 is 1.50 bits per heavy atom. The molecular weight excluding hydrogens is 842 g/mol. The number of hydrogen-bond donors (Lipinski definition) is 2. The fraction of sp³-hybridized carbons (Fsp3) is 0.778. The number of methoxy groups -OCH3 is 1. The minimum absolute atomic E-state index is 0.0131. The van der Waals surface area contributed by atoms with Crippen molar-refractivity contribution in [3.8, 4) is 0 Å². The maximum Gasteiger partial charge on any atom is 0.309 e. The van der Waals surface area contributed by atoms with E-state index in [0.717, 1.165) is 6.92 Å². The molecule has 0 bridgehead atoms. The van der Waals surface area contributed by atoms with Crippen LogP contribution >= 0.6 is 0 Å². The molecule has 3 aliphatic rings.